The lowest BCUT2D eigenvalue weighted by atomic mass is 9.82. The van der Waals surface area contributed by atoms with Crippen molar-refractivity contribution in [3.05, 3.63) is 48.1 Å². The molecule has 128 valence electrons. The predicted molar refractivity (Wildman–Crippen MR) is 90.9 cm³/mol. The van der Waals surface area contributed by atoms with Gasteiger partial charge in [0.05, 0.1) is 0 Å². The number of carbonyl (C=O) groups excluding carboxylic acids is 2. The summed E-state index contributed by atoms with van der Waals surface area (Å²) in [6.07, 6.45) is 3.20. The standard InChI is InChI=1S/C20H24O4/c1-10(2)8-17(21)23-16-9-15-11(3)6-7-14-12(4)20(22)24-19(14)18(15)13(16)5/h8,14-16,18-19H,3-7,9H2,1-2H3. The van der Waals surface area contributed by atoms with E-state index in [2.05, 4.69) is 19.7 Å². The Morgan fingerprint density at radius 3 is 2.62 bits per heavy atom. The molecular weight excluding hydrogens is 304 g/mol. The minimum atomic E-state index is -0.355. The van der Waals surface area contributed by atoms with Crippen molar-refractivity contribution in [2.75, 3.05) is 0 Å². The molecule has 0 spiro atoms. The van der Waals surface area contributed by atoms with Crippen LogP contribution in [0.2, 0.25) is 0 Å². The Balaban J connectivity index is 1.85. The van der Waals surface area contributed by atoms with Gasteiger partial charge in [0.2, 0.25) is 0 Å². The Kier molecular flexibility index (Phi) is 4.24. The van der Waals surface area contributed by atoms with Crippen LogP contribution in [0.15, 0.2) is 48.1 Å². The van der Waals surface area contributed by atoms with Crippen LogP contribution in [0.4, 0.5) is 0 Å². The summed E-state index contributed by atoms with van der Waals surface area (Å²) in [6.45, 7) is 16.0. The summed E-state index contributed by atoms with van der Waals surface area (Å²) >= 11 is 0. The first-order valence-corrected chi connectivity index (χ1v) is 8.41. The van der Waals surface area contributed by atoms with Crippen LogP contribution in [0.1, 0.15) is 33.1 Å². The van der Waals surface area contributed by atoms with Crippen molar-refractivity contribution < 1.29 is 19.1 Å². The smallest absolute Gasteiger partial charge is 0.334 e. The van der Waals surface area contributed by atoms with Crippen LogP contribution < -0.4 is 0 Å². The van der Waals surface area contributed by atoms with Crippen molar-refractivity contribution in [3.8, 4) is 0 Å². The molecule has 1 heterocycles. The van der Waals surface area contributed by atoms with Crippen molar-refractivity contribution in [2.24, 2.45) is 17.8 Å². The van der Waals surface area contributed by atoms with Gasteiger partial charge < -0.3 is 9.47 Å². The van der Waals surface area contributed by atoms with Crippen LogP contribution in [-0.2, 0) is 19.1 Å². The first-order valence-electron chi connectivity index (χ1n) is 8.41. The van der Waals surface area contributed by atoms with Crippen LogP contribution in [-0.4, -0.2) is 24.1 Å². The molecule has 24 heavy (non-hydrogen) atoms. The molecule has 0 bridgehead atoms. The van der Waals surface area contributed by atoms with Gasteiger partial charge in [0, 0.05) is 23.5 Å². The molecule has 3 aliphatic rings. The Morgan fingerprint density at radius 1 is 1.25 bits per heavy atom. The zero-order valence-electron chi connectivity index (χ0n) is 14.3. The second kappa shape index (κ2) is 6.08. The minimum Gasteiger partial charge on any atom is -0.458 e. The lowest BCUT2D eigenvalue weighted by molar-refractivity contribution is -0.142. The normalized spacial score (nSPS) is 35.0. The molecular formula is C20H24O4. The summed E-state index contributed by atoms with van der Waals surface area (Å²) in [7, 11) is 0. The summed E-state index contributed by atoms with van der Waals surface area (Å²) in [5.74, 6) is -0.566. The van der Waals surface area contributed by atoms with Crippen molar-refractivity contribution in [1.29, 1.82) is 0 Å². The van der Waals surface area contributed by atoms with E-state index in [1.165, 1.54) is 6.08 Å². The number of ether oxygens (including phenoxy) is 2. The zero-order chi connectivity index (χ0) is 17.6. The highest BCUT2D eigenvalue weighted by Gasteiger charge is 2.53. The third-order valence-electron chi connectivity index (χ3n) is 5.41. The lowest BCUT2D eigenvalue weighted by Crippen LogP contribution is -2.29. The highest BCUT2D eigenvalue weighted by Crippen LogP contribution is 2.52. The lowest BCUT2D eigenvalue weighted by Gasteiger charge is -2.26. The van der Waals surface area contributed by atoms with E-state index < -0.39 is 0 Å². The van der Waals surface area contributed by atoms with E-state index in [0.717, 1.165) is 29.6 Å². The first kappa shape index (κ1) is 16.7. The van der Waals surface area contributed by atoms with E-state index in [0.29, 0.717) is 12.0 Å². The summed E-state index contributed by atoms with van der Waals surface area (Å²) in [5.41, 5.74) is 3.39. The third kappa shape index (κ3) is 2.74. The van der Waals surface area contributed by atoms with Crippen LogP contribution in [0.3, 0.4) is 0 Å². The molecule has 1 saturated heterocycles. The monoisotopic (exact) mass is 328 g/mol. The minimum absolute atomic E-state index is 0.00762. The van der Waals surface area contributed by atoms with Gasteiger partial charge in [-0.2, -0.15) is 0 Å². The fourth-order valence-corrected chi connectivity index (χ4v) is 4.22. The van der Waals surface area contributed by atoms with Crippen molar-refractivity contribution in [1.82, 2.24) is 0 Å². The van der Waals surface area contributed by atoms with E-state index in [-0.39, 0.29) is 41.9 Å². The number of esters is 2. The molecule has 5 unspecified atom stereocenters. The largest absolute Gasteiger partial charge is 0.458 e. The second-order valence-corrected chi connectivity index (χ2v) is 7.29. The van der Waals surface area contributed by atoms with Crippen LogP contribution in [0.5, 0.6) is 0 Å². The molecule has 0 amide bonds. The second-order valence-electron chi connectivity index (χ2n) is 7.29. The van der Waals surface area contributed by atoms with Crippen molar-refractivity contribution in [2.45, 2.75) is 45.3 Å². The van der Waals surface area contributed by atoms with Crippen LogP contribution in [0.25, 0.3) is 0 Å². The van der Waals surface area contributed by atoms with Gasteiger partial charge in [-0.3, -0.25) is 0 Å². The molecule has 0 aromatic carbocycles. The summed E-state index contributed by atoms with van der Waals surface area (Å²) in [6, 6.07) is 0. The van der Waals surface area contributed by atoms with E-state index in [1.807, 2.05) is 13.8 Å². The first-order chi connectivity index (χ1) is 11.3. The molecule has 1 aliphatic heterocycles. The highest BCUT2D eigenvalue weighted by atomic mass is 16.6. The van der Waals surface area contributed by atoms with Gasteiger partial charge in [0.1, 0.15) is 12.2 Å². The van der Waals surface area contributed by atoms with Crippen molar-refractivity contribution >= 4 is 11.9 Å². The molecule has 3 fully saturated rings. The van der Waals surface area contributed by atoms with E-state index >= 15 is 0 Å². The van der Waals surface area contributed by atoms with Gasteiger partial charge in [0.15, 0.2) is 0 Å². The molecule has 0 aromatic heterocycles. The molecule has 4 heteroatoms. The number of hydrogen-bond acceptors (Lipinski definition) is 4. The maximum absolute atomic E-state index is 12.0. The predicted octanol–water partition coefficient (Wildman–Crippen LogP) is 3.50. The molecule has 5 atom stereocenters. The average molecular weight is 328 g/mol. The van der Waals surface area contributed by atoms with Gasteiger partial charge in [0.25, 0.3) is 0 Å². The molecule has 2 saturated carbocycles. The Labute approximate surface area is 142 Å². The number of fused-ring (bicyclic) bond motifs is 3. The topological polar surface area (TPSA) is 52.6 Å². The fourth-order valence-electron chi connectivity index (χ4n) is 4.22. The van der Waals surface area contributed by atoms with E-state index in [1.54, 1.807) is 0 Å². The van der Waals surface area contributed by atoms with Gasteiger partial charge in [-0.25, -0.2) is 9.59 Å². The fraction of sp³-hybridized carbons (Fsp3) is 0.500. The molecule has 0 aromatic rings. The molecule has 4 nitrogen and oxygen atoms in total. The number of rotatable bonds is 2. The van der Waals surface area contributed by atoms with Gasteiger partial charge in [-0.05, 0) is 44.6 Å². The van der Waals surface area contributed by atoms with Gasteiger partial charge in [-0.15, -0.1) is 0 Å². The zero-order valence-corrected chi connectivity index (χ0v) is 14.3. The average Bonchev–Trinajstić information content (AvgIpc) is 2.89. The Bertz CT molecular complexity index is 665. The summed E-state index contributed by atoms with van der Waals surface area (Å²) in [5, 5.41) is 0. The molecule has 2 aliphatic carbocycles. The molecule has 0 N–H and O–H groups in total. The number of hydrogen-bond donors (Lipinski definition) is 0. The number of carbonyl (C=O) groups is 2. The van der Waals surface area contributed by atoms with Gasteiger partial charge >= 0.3 is 11.9 Å². The highest BCUT2D eigenvalue weighted by molar-refractivity contribution is 5.91. The Morgan fingerprint density at radius 2 is 1.96 bits per heavy atom. The van der Waals surface area contributed by atoms with Crippen LogP contribution >= 0.6 is 0 Å². The van der Waals surface area contributed by atoms with E-state index in [4.69, 9.17) is 9.47 Å². The third-order valence-corrected chi connectivity index (χ3v) is 5.41. The maximum Gasteiger partial charge on any atom is 0.334 e. The summed E-state index contributed by atoms with van der Waals surface area (Å²) < 4.78 is 11.2. The molecule has 0 radical (unpaired) electrons. The van der Waals surface area contributed by atoms with Crippen molar-refractivity contribution in [3.63, 3.8) is 0 Å². The quantitative estimate of drug-likeness (QED) is 0.442. The van der Waals surface area contributed by atoms with E-state index in [9.17, 15) is 9.59 Å². The molecule has 3 rings (SSSR count). The van der Waals surface area contributed by atoms with Crippen LogP contribution in [0, 0.1) is 17.8 Å². The Hall–Kier alpha value is -2.10. The van der Waals surface area contributed by atoms with Gasteiger partial charge in [-0.1, -0.05) is 30.9 Å². The summed E-state index contributed by atoms with van der Waals surface area (Å²) in [4.78, 5) is 23.9. The SMILES string of the molecule is C=C1C(=O)OC2C1CCC(=C)C1CC(OC(=O)C=C(C)C)C(=C)C12. The number of allylic oxidation sites excluding steroid dienone is 2. The maximum atomic E-state index is 12.0.